The first-order valence-electron chi connectivity index (χ1n) is 9.05. The van der Waals surface area contributed by atoms with Crippen molar-refractivity contribution < 1.29 is 13.2 Å². The summed E-state index contributed by atoms with van der Waals surface area (Å²) >= 11 is 0. The molecule has 0 bridgehead atoms. The number of hydrogen-bond acceptors (Lipinski definition) is 5. The fourth-order valence-electron chi connectivity index (χ4n) is 3.47. The molecular weight excluding hydrogens is 338 g/mol. The van der Waals surface area contributed by atoms with Crippen LogP contribution >= 0.6 is 0 Å². The largest absolute Gasteiger partial charge is 0.374 e. The molecule has 0 unspecified atom stereocenters. The second kappa shape index (κ2) is 7.64. The maximum Gasteiger partial charge on any atom is 0.242 e. The molecule has 138 valence electrons. The van der Waals surface area contributed by atoms with Gasteiger partial charge in [-0.3, -0.25) is 4.79 Å². The molecule has 1 amide bonds. The van der Waals surface area contributed by atoms with Gasteiger partial charge in [-0.05, 0) is 56.9 Å². The number of hydrogen-bond donors (Lipinski definition) is 2. The van der Waals surface area contributed by atoms with Crippen LogP contribution in [-0.4, -0.2) is 51.0 Å². The van der Waals surface area contributed by atoms with Crippen LogP contribution in [0.2, 0.25) is 0 Å². The van der Waals surface area contributed by atoms with Gasteiger partial charge in [-0.15, -0.1) is 0 Å². The molecule has 6 nitrogen and oxygen atoms in total. The van der Waals surface area contributed by atoms with Gasteiger partial charge in [0.2, 0.25) is 5.91 Å². The molecule has 0 spiro atoms. The zero-order valence-electron chi connectivity index (χ0n) is 14.7. The molecule has 1 aromatic rings. The molecule has 7 heteroatoms. The molecule has 2 aliphatic heterocycles. The van der Waals surface area contributed by atoms with Crippen molar-refractivity contribution in [2.75, 3.05) is 34.8 Å². The lowest BCUT2D eigenvalue weighted by Crippen LogP contribution is -2.43. The van der Waals surface area contributed by atoms with E-state index in [9.17, 15) is 13.2 Å². The summed E-state index contributed by atoms with van der Waals surface area (Å²) < 4.78 is 22.9. The second-order valence-corrected chi connectivity index (χ2v) is 9.30. The molecule has 2 saturated heterocycles. The normalized spacial score (nSPS) is 23.9. The van der Waals surface area contributed by atoms with Gasteiger partial charge in [0.1, 0.15) is 6.04 Å². The monoisotopic (exact) mass is 365 g/mol. The molecule has 2 N–H and O–H groups in total. The minimum atomic E-state index is -2.98. The number of rotatable bonds is 5. The number of sulfone groups is 1. The van der Waals surface area contributed by atoms with Gasteiger partial charge in [0.25, 0.3) is 0 Å². The van der Waals surface area contributed by atoms with Crippen LogP contribution in [0.3, 0.4) is 0 Å². The van der Waals surface area contributed by atoms with Gasteiger partial charge < -0.3 is 15.5 Å². The summed E-state index contributed by atoms with van der Waals surface area (Å²) in [5.74, 6) is 0.0514. The highest BCUT2D eigenvalue weighted by molar-refractivity contribution is 7.91. The van der Waals surface area contributed by atoms with Gasteiger partial charge in [-0.2, -0.15) is 0 Å². The van der Waals surface area contributed by atoms with Crippen molar-refractivity contribution >= 4 is 27.1 Å². The Morgan fingerprint density at radius 1 is 1.16 bits per heavy atom. The van der Waals surface area contributed by atoms with Gasteiger partial charge in [-0.25, -0.2) is 8.42 Å². The standard InChI is InChI=1S/C18H27N3O3S/c1-14(18(22)20-16-9-12-25(23,24)13-16)19-15-5-7-17(8-6-15)21-10-3-2-4-11-21/h5-8,14,16,19H,2-4,9-13H2,1H3,(H,20,22)/t14-,16-/m0/s1. The van der Waals surface area contributed by atoms with Crippen LogP contribution < -0.4 is 15.5 Å². The third kappa shape index (κ3) is 4.87. The maximum atomic E-state index is 12.3. The van der Waals surface area contributed by atoms with E-state index in [1.54, 1.807) is 6.92 Å². The lowest BCUT2D eigenvalue weighted by atomic mass is 10.1. The van der Waals surface area contributed by atoms with E-state index in [1.165, 1.54) is 24.9 Å². The molecule has 3 rings (SSSR count). The lowest BCUT2D eigenvalue weighted by Gasteiger charge is -2.29. The average Bonchev–Trinajstić information content (AvgIpc) is 2.95. The lowest BCUT2D eigenvalue weighted by molar-refractivity contribution is -0.122. The number of nitrogens with zero attached hydrogens (tertiary/aromatic N) is 1. The molecule has 1 aromatic carbocycles. The Kier molecular flexibility index (Phi) is 5.51. The molecule has 0 radical (unpaired) electrons. The fraction of sp³-hybridized carbons (Fsp3) is 0.611. The first kappa shape index (κ1) is 18.0. The summed E-state index contributed by atoms with van der Waals surface area (Å²) in [5.41, 5.74) is 2.11. The third-order valence-electron chi connectivity index (χ3n) is 4.94. The smallest absolute Gasteiger partial charge is 0.242 e. The Morgan fingerprint density at radius 3 is 2.44 bits per heavy atom. The molecule has 0 aliphatic carbocycles. The van der Waals surface area contributed by atoms with E-state index in [2.05, 4.69) is 27.7 Å². The van der Waals surface area contributed by atoms with Crippen molar-refractivity contribution in [1.29, 1.82) is 0 Å². The molecule has 25 heavy (non-hydrogen) atoms. The van der Waals surface area contributed by atoms with Crippen LogP contribution in [0.4, 0.5) is 11.4 Å². The zero-order valence-corrected chi connectivity index (χ0v) is 15.5. The van der Waals surface area contributed by atoms with Gasteiger partial charge in [0, 0.05) is 30.5 Å². The Morgan fingerprint density at radius 2 is 1.84 bits per heavy atom. The van der Waals surface area contributed by atoms with Crippen LogP contribution in [0.5, 0.6) is 0 Å². The van der Waals surface area contributed by atoms with E-state index >= 15 is 0 Å². The summed E-state index contributed by atoms with van der Waals surface area (Å²) in [7, 11) is -2.98. The van der Waals surface area contributed by atoms with Gasteiger partial charge in [0.15, 0.2) is 9.84 Å². The molecule has 2 fully saturated rings. The first-order valence-corrected chi connectivity index (χ1v) is 10.9. The highest BCUT2D eigenvalue weighted by Gasteiger charge is 2.29. The van der Waals surface area contributed by atoms with Crippen LogP contribution in [0.25, 0.3) is 0 Å². The van der Waals surface area contributed by atoms with Crippen LogP contribution in [0.15, 0.2) is 24.3 Å². The van der Waals surface area contributed by atoms with E-state index in [0.29, 0.717) is 6.42 Å². The zero-order chi connectivity index (χ0) is 17.9. The number of anilines is 2. The Labute approximate surface area is 149 Å². The fourth-order valence-corrected chi connectivity index (χ4v) is 5.14. The van der Waals surface area contributed by atoms with Crippen molar-refractivity contribution in [2.45, 2.75) is 44.7 Å². The molecule has 2 atom stereocenters. The quantitative estimate of drug-likeness (QED) is 0.832. The van der Waals surface area contributed by atoms with E-state index in [1.807, 2.05) is 12.1 Å². The Hall–Kier alpha value is -1.76. The Bertz CT molecular complexity index is 697. The molecule has 0 aromatic heterocycles. The highest BCUT2D eigenvalue weighted by atomic mass is 32.2. The maximum absolute atomic E-state index is 12.3. The summed E-state index contributed by atoms with van der Waals surface area (Å²) in [6.07, 6.45) is 4.30. The first-order chi connectivity index (χ1) is 11.9. The van der Waals surface area contributed by atoms with Crippen molar-refractivity contribution in [3.05, 3.63) is 24.3 Å². The SMILES string of the molecule is C[C@H](Nc1ccc(N2CCCCC2)cc1)C(=O)N[C@H]1CCS(=O)(=O)C1. The van der Waals surface area contributed by atoms with E-state index < -0.39 is 15.9 Å². The molecule has 2 aliphatic rings. The number of carbonyl (C=O) groups is 1. The Balaban J connectivity index is 1.51. The van der Waals surface area contributed by atoms with Crippen molar-refractivity contribution in [3.63, 3.8) is 0 Å². The van der Waals surface area contributed by atoms with Gasteiger partial charge >= 0.3 is 0 Å². The minimum absolute atomic E-state index is 0.0516. The number of benzene rings is 1. The van der Waals surface area contributed by atoms with Crippen molar-refractivity contribution in [2.24, 2.45) is 0 Å². The average molecular weight is 365 g/mol. The van der Waals surface area contributed by atoms with Crippen molar-refractivity contribution in [1.82, 2.24) is 5.32 Å². The minimum Gasteiger partial charge on any atom is -0.374 e. The predicted octanol–water partition coefficient (Wildman–Crippen LogP) is 1.78. The molecular formula is C18H27N3O3S. The molecule has 0 saturated carbocycles. The molecule has 2 heterocycles. The van der Waals surface area contributed by atoms with E-state index in [4.69, 9.17) is 0 Å². The summed E-state index contributed by atoms with van der Waals surface area (Å²) in [6, 6.07) is 7.48. The van der Waals surface area contributed by atoms with Crippen LogP contribution in [0, 0.1) is 0 Å². The second-order valence-electron chi connectivity index (χ2n) is 7.07. The highest BCUT2D eigenvalue weighted by Crippen LogP contribution is 2.22. The number of nitrogens with one attached hydrogen (secondary N) is 2. The van der Waals surface area contributed by atoms with Crippen LogP contribution in [0.1, 0.15) is 32.6 Å². The summed E-state index contributed by atoms with van der Waals surface area (Å²) in [6.45, 7) is 4.00. The van der Waals surface area contributed by atoms with Crippen LogP contribution in [-0.2, 0) is 14.6 Å². The third-order valence-corrected chi connectivity index (χ3v) is 6.71. The van der Waals surface area contributed by atoms with Gasteiger partial charge in [-0.1, -0.05) is 0 Å². The van der Waals surface area contributed by atoms with Gasteiger partial charge in [0.05, 0.1) is 11.5 Å². The number of carbonyl (C=O) groups excluding carboxylic acids is 1. The topological polar surface area (TPSA) is 78.5 Å². The number of piperidine rings is 1. The number of amides is 1. The summed E-state index contributed by atoms with van der Waals surface area (Å²) in [5, 5.41) is 6.02. The van der Waals surface area contributed by atoms with E-state index in [-0.39, 0.29) is 23.5 Å². The predicted molar refractivity (Wildman–Crippen MR) is 101 cm³/mol. The summed E-state index contributed by atoms with van der Waals surface area (Å²) in [4.78, 5) is 14.6. The van der Waals surface area contributed by atoms with Crippen molar-refractivity contribution in [3.8, 4) is 0 Å². The van der Waals surface area contributed by atoms with E-state index in [0.717, 1.165) is 18.8 Å².